The summed E-state index contributed by atoms with van der Waals surface area (Å²) in [5, 5.41) is 9.10. The van der Waals surface area contributed by atoms with Crippen molar-refractivity contribution in [3.63, 3.8) is 0 Å². The van der Waals surface area contributed by atoms with E-state index in [1.54, 1.807) is 18.5 Å². The number of hydrogen-bond donors (Lipinski definition) is 2. The lowest BCUT2D eigenvalue weighted by Crippen LogP contribution is -2.42. The summed E-state index contributed by atoms with van der Waals surface area (Å²) in [6, 6.07) is 9.60. The Morgan fingerprint density at radius 1 is 1.14 bits per heavy atom. The number of nitrogens with one attached hydrogen (secondary N) is 2. The van der Waals surface area contributed by atoms with Crippen molar-refractivity contribution in [3.05, 3.63) is 60.2 Å². The van der Waals surface area contributed by atoms with Crippen LogP contribution in [0.2, 0.25) is 0 Å². The van der Waals surface area contributed by atoms with Crippen molar-refractivity contribution in [1.82, 2.24) is 30.6 Å². The predicted molar refractivity (Wildman–Crippen MR) is 104 cm³/mol. The third-order valence-corrected chi connectivity index (χ3v) is 5.21. The van der Waals surface area contributed by atoms with Crippen molar-refractivity contribution in [3.8, 4) is 11.4 Å². The second-order valence-corrected chi connectivity index (χ2v) is 7.36. The van der Waals surface area contributed by atoms with Crippen LogP contribution in [0.4, 0.5) is 4.39 Å². The topological polar surface area (TPSA) is 102 Å². The highest BCUT2D eigenvalue weighted by atomic mass is 32.2. The molecule has 2 N–H and O–H groups in total. The number of benzene rings is 1. The highest BCUT2D eigenvalue weighted by Gasteiger charge is 2.30. The van der Waals surface area contributed by atoms with E-state index in [2.05, 4.69) is 26.0 Å². The van der Waals surface area contributed by atoms with Crippen LogP contribution >= 0.6 is 11.8 Å². The second-order valence-electron chi connectivity index (χ2n) is 6.42. The number of hydrazine groups is 1. The average Bonchev–Trinajstić information content (AvgIpc) is 3.50. The van der Waals surface area contributed by atoms with Crippen LogP contribution < -0.4 is 10.9 Å². The van der Waals surface area contributed by atoms with Crippen LogP contribution in [0, 0.1) is 5.82 Å². The highest BCUT2D eigenvalue weighted by molar-refractivity contribution is 7.99. The molecule has 3 aromatic rings. The van der Waals surface area contributed by atoms with Crippen LogP contribution in [0.3, 0.4) is 0 Å². The van der Waals surface area contributed by atoms with Crippen LogP contribution in [-0.4, -0.2) is 37.3 Å². The number of nitrogens with zero attached hydrogens (tertiary/aromatic N) is 4. The number of carbonyl (C=O) groups excluding carboxylic acids is 2. The largest absolute Gasteiger partial charge is 0.299 e. The van der Waals surface area contributed by atoms with E-state index in [1.165, 1.54) is 30.0 Å². The molecule has 4 rings (SSSR count). The normalized spacial score (nSPS) is 13.1. The van der Waals surface area contributed by atoms with E-state index in [1.807, 2.05) is 16.7 Å². The van der Waals surface area contributed by atoms with Crippen molar-refractivity contribution >= 4 is 23.6 Å². The summed E-state index contributed by atoms with van der Waals surface area (Å²) < 4.78 is 15.6. The average molecular weight is 412 g/mol. The molecule has 0 bridgehead atoms. The maximum Gasteiger partial charge on any atom is 0.272 e. The molecule has 10 heteroatoms. The summed E-state index contributed by atoms with van der Waals surface area (Å²) in [5.41, 5.74) is 5.22. The van der Waals surface area contributed by atoms with E-state index in [9.17, 15) is 14.0 Å². The predicted octanol–water partition coefficient (Wildman–Crippen LogP) is 2.37. The number of pyridine rings is 1. The quantitative estimate of drug-likeness (QED) is 0.476. The van der Waals surface area contributed by atoms with E-state index in [0.29, 0.717) is 11.2 Å². The molecule has 1 aliphatic carbocycles. The molecule has 29 heavy (non-hydrogen) atoms. The number of amides is 2. The van der Waals surface area contributed by atoms with Gasteiger partial charge in [-0.05, 0) is 37.1 Å². The monoisotopic (exact) mass is 412 g/mol. The van der Waals surface area contributed by atoms with Crippen molar-refractivity contribution in [2.75, 3.05) is 5.75 Å². The number of carbonyl (C=O) groups is 2. The fourth-order valence-corrected chi connectivity index (χ4v) is 3.54. The van der Waals surface area contributed by atoms with E-state index in [0.717, 1.165) is 24.2 Å². The van der Waals surface area contributed by atoms with Gasteiger partial charge in [0.2, 0.25) is 5.91 Å². The Morgan fingerprint density at radius 3 is 2.69 bits per heavy atom. The Morgan fingerprint density at radius 2 is 1.97 bits per heavy atom. The minimum Gasteiger partial charge on any atom is -0.299 e. The third kappa shape index (κ3) is 4.43. The maximum absolute atomic E-state index is 13.6. The molecule has 2 heterocycles. The van der Waals surface area contributed by atoms with Crippen molar-refractivity contribution in [2.24, 2.45) is 0 Å². The lowest BCUT2D eigenvalue weighted by molar-refractivity contribution is -0.119. The molecule has 1 aliphatic rings. The fraction of sp³-hybridized carbons (Fsp3) is 0.211. The summed E-state index contributed by atoms with van der Waals surface area (Å²) in [5.74, 6) is -1.07. The van der Waals surface area contributed by atoms with E-state index in [4.69, 9.17) is 0 Å². The van der Waals surface area contributed by atoms with Crippen LogP contribution in [-0.2, 0) is 4.79 Å². The standard InChI is InChI=1S/C19H17FN6O2S/c20-15-6-2-1-5-14(15)18(28)24-22-16(27)11-29-19-25-23-17(26(19)13-7-8-13)12-4-3-9-21-10-12/h1-6,9-10,13H,7-8,11H2,(H,22,27)(H,24,28). The van der Waals surface area contributed by atoms with Crippen LogP contribution in [0.1, 0.15) is 29.2 Å². The first-order valence-electron chi connectivity index (χ1n) is 8.95. The van der Waals surface area contributed by atoms with Crippen LogP contribution in [0.5, 0.6) is 0 Å². The fourth-order valence-electron chi connectivity index (χ4n) is 2.73. The first-order valence-corrected chi connectivity index (χ1v) is 9.94. The van der Waals surface area contributed by atoms with Crippen LogP contribution in [0.25, 0.3) is 11.4 Å². The Bertz CT molecular complexity index is 1040. The zero-order chi connectivity index (χ0) is 20.2. The van der Waals surface area contributed by atoms with Gasteiger partial charge in [-0.1, -0.05) is 23.9 Å². The van der Waals surface area contributed by atoms with Gasteiger partial charge in [0.25, 0.3) is 5.91 Å². The Kier molecular flexibility index (Phi) is 5.52. The maximum atomic E-state index is 13.6. The van der Waals surface area contributed by atoms with Crippen molar-refractivity contribution < 1.29 is 14.0 Å². The van der Waals surface area contributed by atoms with Crippen molar-refractivity contribution in [2.45, 2.75) is 24.0 Å². The highest BCUT2D eigenvalue weighted by Crippen LogP contribution is 2.40. The Hall–Kier alpha value is -3.27. The number of aromatic nitrogens is 4. The Labute approximate surface area is 169 Å². The van der Waals surface area contributed by atoms with E-state index >= 15 is 0 Å². The van der Waals surface area contributed by atoms with E-state index in [-0.39, 0.29) is 11.3 Å². The molecule has 0 radical (unpaired) electrons. The smallest absolute Gasteiger partial charge is 0.272 e. The molecule has 1 aromatic carbocycles. The molecule has 0 unspecified atom stereocenters. The number of halogens is 1. The van der Waals surface area contributed by atoms with Gasteiger partial charge in [0.15, 0.2) is 11.0 Å². The lowest BCUT2D eigenvalue weighted by Gasteiger charge is -2.09. The lowest BCUT2D eigenvalue weighted by atomic mass is 10.2. The van der Waals surface area contributed by atoms with Gasteiger partial charge in [-0.3, -0.25) is 30.0 Å². The molecule has 0 spiro atoms. The van der Waals surface area contributed by atoms with Gasteiger partial charge in [-0.2, -0.15) is 0 Å². The summed E-state index contributed by atoms with van der Waals surface area (Å²) in [7, 11) is 0. The van der Waals surface area contributed by atoms with Crippen molar-refractivity contribution in [1.29, 1.82) is 0 Å². The first kappa shape index (κ1) is 19.1. The Balaban J connectivity index is 1.37. The van der Waals surface area contributed by atoms with Gasteiger partial charge >= 0.3 is 0 Å². The molecular formula is C19H17FN6O2S. The minimum atomic E-state index is -0.721. The molecule has 0 atom stereocenters. The third-order valence-electron chi connectivity index (χ3n) is 4.26. The summed E-state index contributed by atoms with van der Waals surface area (Å²) in [6.07, 6.45) is 5.48. The molecule has 1 fully saturated rings. The van der Waals surface area contributed by atoms with E-state index < -0.39 is 17.6 Å². The van der Waals surface area contributed by atoms with Gasteiger partial charge in [-0.15, -0.1) is 10.2 Å². The summed E-state index contributed by atoms with van der Waals surface area (Å²) in [4.78, 5) is 28.2. The van der Waals surface area contributed by atoms with Gasteiger partial charge in [-0.25, -0.2) is 4.39 Å². The van der Waals surface area contributed by atoms with Gasteiger partial charge in [0.1, 0.15) is 5.82 Å². The summed E-state index contributed by atoms with van der Waals surface area (Å²) in [6.45, 7) is 0. The van der Waals surface area contributed by atoms with Crippen LogP contribution in [0.15, 0.2) is 53.9 Å². The second kappa shape index (κ2) is 8.39. The number of hydrogen-bond acceptors (Lipinski definition) is 6. The van der Waals surface area contributed by atoms with Gasteiger partial charge < -0.3 is 0 Å². The summed E-state index contributed by atoms with van der Waals surface area (Å²) >= 11 is 1.22. The molecule has 8 nitrogen and oxygen atoms in total. The molecule has 2 amide bonds. The molecule has 0 saturated heterocycles. The molecule has 1 saturated carbocycles. The first-order chi connectivity index (χ1) is 14.1. The zero-order valence-corrected chi connectivity index (χ0v) is 16.0. The molecule has 148 valence electrons. The number of thioether (sulfide) groups is 1. The molecule has 2 aromatic heterocycles. The minimum absolute atomic E-state index is 0.0233. The van der Waals surface area contributed by atoms with Gasteiger partial charge in [0.05, 0.1) is 11.3 Å². The number of rotatable bonds is 6. The zero-order valence-electron chi connectivity index (χ0n) is 15.2. The van der Waals surface area contributed by atoms with Gasteiger partial charge in [0, 0.05) is 24.0 Å². The SMILES string of the molecule is O=C(CSc1nnc(-c2cccnc2)n1C1CC1)NNC(=O)c1ccccc1F. The molecular weight excluding hydrogens is 395 g/mol. The molecule has 0 aliphatic heterocycles.